The molecular formula is C17H9AsF3NO2. The summed E-state index contributed by atoms with van der Waals surface area (Å²) in [4.78, 5) is 25.3. The SMILES string of the molecule is O=C1c2ccccc2C(=O)N1C=Cc1cc([As])cc(C(F)(F)F)c1. The predicted molar refractivity (Wildman–Crippen MR) is 82.8 cm³/mol. The van der Waals surface area contributed by atoms with Gasteiger partial charge in [-0.05, 0) is 0 Å². The minimum atomic E-state index is -4.46. The van der Waals surface area contributed by atoms with Crippen molar-refractivity contribution in [3.63, 3.8) is 0 Å². The van der Waals surface area contributed by atoms with Gasteiger partial charge in [-0.15, -0.1) is 0 Å². The summed E-state index contributed by atoms with van der Waals surface area (Å²) in [6.45, 7) is 0. The molecule has 2 aromatic carbocycles. The number of hydrogen-bond acceptors (Lipinski definition) is 2. The Hall–Kier alpha value is -2.33. The summed E-state index contributed by atoms with van der Waals surface area (Å²) in [5.41, 5.74) is 0.0210. The van der Waals surface area contributed by atoms with Gasteiger partial charge in [-0.3, -0.25) is 0 Å². The molecule has 1 heterocycles. The maximum atomic E-state index is 12.8. The van der Waals surface area contributed by atoms with Gasteiger partial charge in [-0.1, -0.05) is 0 Å². The van der Waals surface area contributed by atoms with Gasteiger partial charge in [-0.2, -0.15) is 0 Å². The number of carbonyl (C=O) groups is 2. The van der Waals surface area contributed by atoms with Crippen LogP contribution in [0.2, 0.25) is 0 Å². The number of imide groups is 1. The van der Waals surface area contributed by atoms with Crippen molar-refractivity contribution in [2.24, 2.45) is 0 Å². The number of fused-ring (bicyclic) bond motifs is 1. The summed E-state index contributed by atoms with van der Waals surface area (Å²) in [5.74, 6) is -0.988. The zero-order valence-corrected chi connectivity index (χ0v) is 13.9. The normalized spacial score (nSPS) is 14.6. The van der Waals surface area contributed by atoms with Gasteiger partial charge in [0, 0.05) is 0 Å². The van der Waals surface area contributed by atoms with Crippen molar-refractivity contribution >= 4 is 39.1 Å². The van der Waals surface area contributed by atoms with Gasteiger partial charge < -0.3 is 0 Å². The van der Waals surface area contributed by atoms with Crippen LogP contribution in [0.4, 0.5) is 13.2 Å². The van der Waals surface area contributed by atoms with E-state index in [0.717, 1.165) is 17.0 Å². The van der Waals surface area contributed by atoms with E-state index in [4.69, 9.17) is 0 Å². The van der Waals surface area contributed by atoms with Crippen molar-refractivity contribution in [1.29, 1.82) is 0 Å². The molecular weight excluding hydrogens is 382 g/mol. The van der Waals surface area contributed by atoms with Crippen LogP contribution in [0.1, 0.15) is 31.8 Å². The van der Waals surface area contributed by atoms with Gasteiger partial charge >= 0.3 is 144 Å². The molecule has 0 atom stereocenters. The molecule has 0 bridgehead atoms. The van der Waals surface area contributed by atoms with Crippen LogP contribution < -0.4 is 4.35 Å². The molecule has 0 aromatic heterocycles. The molecule has 1 aliphatic heterocycles. The first-order valence-electron chi connectivity index (χ1n) is 6.84. The fraction of sp³-hybridized carbons (Fsp3) is 0.0588. The van der Waals surface area contributed by atoms with Crippen LogP contribution in [0, 0.1) is 0 Å². The molecule has 0 N–H and O–H groups in total. The predicted octanol–water partition coefficient (Wildman–Crippen LogP) is 2.77. The molecule has 1 aliphatic rings. The van der Waals surface area contributed by atoms with Crippen molar-refractivity contribution < 1.29 is 22.8 Å². The molecule has 2 amide bonds. The average Bonchev–Trinajstić information content (AvgIpc) is 2.76. The number of rotatable bonds is 2. The van der Waals surface area contributed by atoms with Gasteiger partial charge in [0.15, 0.2) is 0 Å². The fourth-order valence-electron chi connectivity index (χ4n) is 2.40. The second-order valence-corrected chi connectivity index (χ2v) is 6.24. The second-order valence-electron chi connectivity index (χ2n) is 5.15. The molecule has 3 nitrogen and oxygen atoms in total. The van der Waals surface area contributed by atoms with Crippen LogP contribution in [0.3, 0.4) is 0 Å². The number of nitrogens with zero attached hydrogens (tertiary/aromatic N) is 1. The Bertz CT molecular complexity index is 839. The zero-order valence-electron chi connectivity index (χ0n) is 12.0. The van der Waals surface area contributed by atoms with Crippen LogP contribution in [0.25, 0.3) is 6.08 Å². The van der Waals surface area contributed by atoms with E-state index in [1.54, 1.807) is 12.1 Å². The number of carbonyl (C=O) groups excluding carboxylic acids is 2. The van der Waals surface area contributed by atoms with E-state index in [0.29, 0.717) is 4.35 Å². The Morgan fingerprint density at radius 1 is 0.958 bits per heavy atom. The van der Waals surface area contributed by atoms with Crippen molar-refractivity contribution in [2.75, 3.05) is 0 Å². The molecule has 0 unspecified atom stereocenters. The number of alkyl halides is 3. The molecule has 0 saturated carbocycles. The van der Waals surface area contributed by atoms with E-state index >= 15 is 0 Å². The van der Waals surface area contributed by atoms with E-state index in [1.165, 1.54) is 30.5 Å². The van der Waals surface area contributed by atoms with Crippen LogP contribution in [0.15, 0.2) is 48.7 Å². The van der Waals surface area contributed by atoms with Crippen molar-refractivity contribution in [2.45, 2.75) is 6.18 Å². The molecule has 0 spiro atoms. The third kappa shape index (κ3) is 3.02. The third-order valence-electron chi connectivity index (χ3n) is 3.51. The molecule has 2 radical (unpaired) electrons. The van der Waals surface area contributed by atoms with Crippen molar-refractivity contribution in [1.82, 2.24) is 4.90 Å². The molecule has 120 valence electrons. The molecule has 7 heteroatoms. The topological polar surface area (TPSA) is 37.4 Å². The molecule has 2 aromatic rings. The molecule has 0 saturated heterocycles. The Morgan fingerprint density at radius 2 is 1.54 bits per heavy atom. The number of halogens is 3. The maximum absolute atomic E-state index is 12.8. The quantitative estimate of drug-likeness (QED) is 0.584. The molecule has 3 rings (SSSR count). The van der Waals surface area contributed by atoms with Crippen molar-refractivity contribution in [3.05, 3.63) is 70.9 Å². The summed E-state index contributed by atoms with van der Waals surface area (Å²) in [5, 5.41) is 0. The third-order valence-corrected chi connectivity index (χ3v) is 4.05. The Balaban J connectivity index is 1.92. The van der Waals surface area contributed by atoms with Crippen LogP contribution in [-0.2, 0) is 6.18 Å². The van der Waals surface area contributed by atoms with Crippen LogP contribution in [-0.4, -0.2) is 33.6 Å². The van der Waals surface area contributed by atoms with Crippen LogP contribution in [0.5, 0.6) is 0 Å². The first kappa shape index (κ1) is 16.5. The molecule has 24 heavy (non-hydrogen) atoms. The fourth-order valence-corrected chi connectivity index (χ4v) is 3.00. The summed E-state index contributed by atoms with van der Waals surface area (Å²) in [6, 6.07) is 9.86. The standard InChI is InChI=1S/C17H9AsF3NO2/c18-12-8-10(7-11(9-12)17(19,20)21)5-6-22-15(23)13-3-1-2-4-14(13)16(22)24/h1-9H. The second kappa shape index (κ2) is 5.95. The zero-order chi connectivity index (χ0) is 17.5. The first-order chi connectivity index (χ1) is 11.3. The summed E-state index contributed by atoms with van der Waals surface area (Å²) in [7, 11) is 0. The number of amides is 2. The summed E-state index contributed by atoms with van der Waals surface area (Å²) >= 11 is 2.04. The average molecular weight is 391 g/mol. The van der Waals surface area contributed by atoms with E-state index in [1.807, 2.05) is 16.9 Å². The van der Waals surface area contributed by atoms with E-state index in [2.05, 4.69) is 0 Å². The minimum absolute atomic E-state index is 0.247. The number of hydrogen-bond donors (Lipinski definition) is 0. The van der Waals surface area contributed by atoms with Gasteiger partial charge in [-0.25, -0.2) is 0 Å². The Morgan fingerprint density at radius 3 is 2.08 bits per heavy atom. The van der Waals surface area contributed by atoms with E-state index in [-0.39, 0.29) is 16.7 Å². The molecule has 0 aliphatic carbocycles. The van der Waals surface area contributed by atoms with Gasteiger partial charge in [0.05, 0.1) is 0 Å². The molecule has 0 fully saturated rings. The van der Waals surface area contributed by atoms with E-state index < -0.39 is 23.6 Å². The van der Waals surface area contributed by atoms with Gasteiger partial charge in [0.2, 0.25) is 0 Å². The monoisotopic (exact) mass is 391 g/mol. The van der Waals surface area contributed by atoms with Gasteiger partial charge in [0.25, 0.3) is 0 Å². The first-order valence-corrected chi connectivity index (χ1v) is 7.77. The van der Waals surface area contributed by atoms with E-state index in [9.17, 15) is 22.8 Å². The van der Waals surface area contributed by atoms with Gasteiger partial charge in [0.1, 0.15) is 0 Å². The Labute approximate surface area is 144 Å². The summed E-state index contributed by atoms with van der Waals surface area (Å²) in [6.07, 6.45) is -1.95. The van der Waals surface area contributed by atoms with Crippen molar-refractivity contribution in [3.8, 4) is 0 Å². The number of benzene rings is 2. The summed E-state index contributed by atoms with van der Waals surface area (Å²) < 4.78 is 38.9. The Kier molecular flexibility index (Phi) is 4.09. The van der Waals surface area contributed by atoms with Crippen LogP contribution >= 0.6 is 0 Å².